The number of benzene rings is 1. The van der Waals surface area contributed by atoms with Gasteiger partial charge >= 0.3 is 0 Å². The predicted octanol–water partition coefficient (Wildman–Crippen LogP) is 1.91. The number of carbonyl (C=O) groups excluding carboxylic acids is 2. The number of nitrogens with zero attached hydrogens (tertiary/aromatic N) is 4. The van der Waals surface area contributed by atoms with E-state index in [-0.39, 0.29) is 11.8 Å². The van der Waals surface area contributed by atoms with Gasteiger partial charge in [-0.05, 0) is 43.5 Å². The van der Waals surface area contributed by atoms with Crippen molar-refractivity contribution in [3.8, 4) is 0 Å². The van der Waals surface area contributed by atoms with Crippen LogP contribution in [0, 0.1) is 5.92 Å². The normalized spacial score (nSPS) is 26.9. The van der Waals surface area contributed by atoms with Crippen molar-refractivity contribution < 1.29 is 9.59 Å². The molecule has 0 bridgehead atoms. The van der Waals surface area contributed by atoms with Crippen LogP contribution in [0.15, 0.2) is 24.3 Å². The van der Waals surface area contributed by atoms with Gasteiger partial charge in [-0.1, -0.05) is 19.1 Å². The SMILES string of the molecule is CC1CN(C(=O)c2ccc(CN3CCCC3=O)cc2)CCC1N1CCN(C)CC1. The van der Waals surface area contributed by atoms with Gasteiger partial charge in [0.1, 0.15) is 0 Å². The minimum atomic E-state index is 0.137. The molecule has 0 aliphatic carbocycles. The standard InChI is InChI=1S/C23H34N4O2/c1-18-16-27(11-9-21(18)25-14-12-24(2)13-15-25)23(29)20-7-5-19(6-8-20)17-26-10-3-4-22(26)28/h5-8,18,21H,3-4,9-17H2,1-2H3. The Balaban J connectivity index is 1.32. The summed E-state index contributed by atoms with van der Waals surface area (Å²) >= 11 is 0. The molecule has 1 aromatic carbocycles. The maximum atomic E-state index is 13.0. The maximum absolute atomic E-state index is 13.0. The molecule has 3 aliphatic rings. The molecular formula is C23H34N4O2. The number of piperidine rings is 1. The second-order valence-electron chi connectivity index (χ2n) is 9.04. The van der Waals surface area contributed by atoms with E-state index >= 15 is 0 Å². The highest BCUT2D eigenvalue weighted by atomic mass is 16.2. The molecule has 0 N–H and O–H groups in total. The molecule has 158 valence electrons. The molecule has 0 saturated carbocycles. The summed E-state index contributed by atoms with van der Waals surface area (Å²) in [6, 6.07) is 8.44. The first-order valence-electron chi connectivity index (χ1n) is 11.1. The summed E-state index contributed by atoms with van der Waals surface area (Å²) in [5, 5.41) is 0. The summed E-state index contributed by atoms with van der Waals surface area (Å²) < 4.78 is 0. The molecule has 2 amide bonds. The Bertz CT molecular complexity index is 727. The lowest BCUT2D eigenvalue weighted by molar-refractivity contribution is -0.128. The van der Waals surface area contributed by atoms with Gasteiger partial charge in [-0.15, -0.1) is 0 Å². The minimum Gasteiger partial charge on any atom is -0.338 e. The van der Waals surface area contributed by atoms with Crippen molar-refractivity contribution in [2.24, 2.45) is 5.92 Å². The van der Waals surface area contributed by atoms with Crippen LogP contribution in [-0.4, -0.2) is 90.3 Å². The van der Waals surface area contributed by atoms with Gasteiger partial charge < -0.3 is 14.7 Å². The molecule has 6 nitrogen and oxygen atoms in total. The molecular weight excluding hydrogens is 364 g/mol. The molecule has 3 fully saturated rings. The zero-order chi connectivity index (χ0) is 20.4. The van der Waals surface area contributed by atoms with Crippen molar-refractivity contribution in [2.45, 2.75) is 38.8 Å². The van der Waals surface area contributed by atoms with Crippen LogP contribution < -0.4 is 0 Å². The highest BCUT2D eigenvalue weighted by Gasteiger charge is 2.33. The van der Waals surface area contributed by atoms with E-state index in [4.69, 9.17) is 0 Å². The molecule has 2 unspecified atom stereocenters. The maximum Gasteiger partial charge on any atom is 0.253 e. The van der Waals surface area contributed by atoms with Crippen LogP contribution in [0.2, 0.25) is 0 Å². The zero-order valence-electron chi connectivity index (χ0n) is 17.8. The van der Waals surface area contributed by atoms with Crippen LogP contribution in [-0.2, 0) is 11.3 Å². The van der Waals surface area contributed by atoms with Crippen molar-refractivity contribution in [1.82, 2.24) is 19.6 Å². The van der Waals surface area contributed by atoms with Gasteiger partial charge in [-0.2, -0.15) is 0 Å². The monoisotopic (exact) mass is 398 g/mol. The first-order valence-corrected chi connectivity index (χ1v) is 11.1. The third kappa shape index (κ3) is 4.64. The van der Waals surface area contributed by atoms with Crippen LogP contribution in [0.1, 0.15) is 42.1 Å². The fourth-order valence-electron chi connectivity index (χ4n) is 5.04. The average Bonchev–Trinajstić information content (AvgIpc) is 3.13. The van der Waals surface area contributed by atoms with Crippen molar-refractivity contribution in [3.05, 3.63) is 35.4 Å². The zero-order valence-corrected chi connectivity index (χ0v) is 17.8. The topological polar surface area (TPSA) is 47.1 Å². The number of hydrogen-bond acceptors (Lipinski definition) is 4. The molecule has 0 aromatic heterocycles. The number of likely N-dealkylation sites (N-methyl/N-ethyl adjacent to an activating group) is 1. The van der Waals surface area contributed by atoms with E-state index < -0.39 is 0 Å². The highest BCUT2D eigenvalue weighted by molar-refractivity contribution is 5.94. The molecule has 3 aliphatic heterocycles. The van der Waals surface area contributed by atoms with Crippen LogP contribution in [0.5, 0.6) is 0 Å². The van der Waals surface area contributed by atoms with E-state index in [1.54, 1.807) is 0 Å². The highest BCUT2D eigenvalue weighted by Crippen LogP contribution is 2.25. The van der Waals surface area contributed by atoms with Gasteiger partial charge in [-0.25, -0.2) is 0 Å². The number of hydrogen-bond donors (Lipinski definition) is 0. The number of amides is 2. The molecule has 29 heavy (non-hydrogen) atoms. The third-order valence-corrected chi connectivity index (χ3v) is 6.90. The van der Waals surface area contributed by atoms with Gasteiger partial charge in [-0.3, -0.25) is 14.5 Å². The Morgan fingerprint density at radius 2 is 1.76 bits per heavy atom. The number of piperazine rings is 1. The molecule has 1 aromatic rings. The second-order valence-corrected chi connectivity index (χ2v) is 9.04. The van der Waals surface area contributed by atoms with Gasteiger partial charge in [0.2, 0.25) is 5.91 Å². The lowest BCUT2D eigenvalue weighted by Crippen LogP contribution is -2.56. The molecule has 3 heterocycles. The van der Waals surface area contributed by atoms with E-state index in [0.29, 0.717) is 24.9 Å². The third-order valence-electron chi connectivity index (χ3n) is 6.90. The molecule has 0 radical (unpaired) electrons. The van der Waals surface area contributed by atoms with Crippen molar-refractivity contribution >= 4 is 11.8 Å². The van der Waals surface area contributed by atoms with Gasteiger partial charge in [0.05, 0.1) is 0 Å². The molecule has 2 atom stereocenters. The fourth-order valence-corrected chi connectivity index (χ4v) is 5.04. The lowest BCUT2D eigenvalue weighted by atomic mass is 9.91. The summed E-state index contributed by atoms with van der Waals surface area (Å²) in [6.07, 6.45) is 2.68. The van der Waals surface area contributed by atoms with E-state index in [9.17, 15) is 9.59 Å². The van der Waals surface area contributed by atoms with Crippen LogP contribution in [0.4, 0.5) is 0 Å². The number of likely N-dealkylation sites (tertiary alicyclic amines) is 2. The quantitative estimate of drug-likeness (QED) is 0.777. The van der Waals surface area contributed by atoms with Gasteiger partial charge in [0.15, 0.2) is 0 Å². The van der Waals surface area contributed by atoms with E-state index in [0.717, 1.165) is 69.8 Å². The predicted molar refractivity (Wildman–Crippen MR) is 114 cm³/mol. The van der Waals surface area contributed by atoms with Crippen molar-refractivity contribution in [2.75, 3.05) is 52.9 Å². The number of carbonyl (C=O) groups is 2. The fraction of sp³-hybridized carbons (Fsp3) is 0.652. The summed E-state index contributed by atoms with van der Waals surface area (Å²) in [5.41, 5.74) is 1.85. The van der Waals surface area contributed by atoms with E-state index in [1.807, 2.05) is 34.1 Å². The summed E-state index contributed by atoms with van der Waals surface area (Å²) in [5.74, 6) is 0.872. The smallest absolute Gasteiger partial charge is 0.253 e. The van der Waals surface area contributed by atoms with Crippen LogP contribution in [0.3, 0.4) is 0 Å². The molecule has 6 heteroatoms. The summed E-state index contributed by atoms with van der Waals surface area (Å²) in [6.45, 7) is 10.0. The Hall–Kier alpha value is -1.92. The van der Waals surface area contributed by atoms with Crippen LogP contribution in [0.25, 0.3) is 0 Å². The average molecular weight is 399 g/mol. The first-order chi connectivity index (χ1) is 14.0. The van der Waals surface area contributed by atoms with Gasteiger partial charge in [0.25, 0.3) is 5.91 Å². The van der Waals surface area contributed by atoms with E-state index in [2.05, 4.69) is 23.8 Å². The second kappa shape index (κ2) is 8.84. The molecule has 0 spiro atoms. The Labute approximate surface area is 174 Å². The molecule has 3 saturated heterocycles. The first kappa shape index (κ1) is 20.4. The van der Waals surface area contributed by atoms with E-state index in [1.165, 1.54) is 0 Å². The van der Waals surface area contributed by atoms with Crippen LogP contribution >= 0.6 is 0 Å². The van der Waals surface area contributed by atoms with Crippen molar-refractivity contribution in [3.63, 3.8) is 0 Å². The Kier molecular flexibility index (Phi) is 6.20. The Morgan fingerprint density at radius 1 is 1.03 bits per heavy atom. The van der Waals surface area contributed by atoms with Gasteiger partial charge in [0, 0.05) is 70.4 Å². The summed E-state index contributed by atoms with van der Waals surface area (Å²) in [4.78, 5) is 33.8. The minimum absolute atomic E-state index is 0.137. The largest absolute Gasteiger partial charge is 0.338 e. The number of rotatable bonds is 4. The molecule has 4 rings (SSSR count). The Morgan fingerprint density at radius 3 is 2.38 bits per heavy atom. The lowest BCUT2D eigenvalue weighted by Gasteiger charge is -2.45. The summed E-state index contributed by atoms with van der Waals surface area (Å²) in [7, 11) is 2.19. The van der Waals surface area contributed by atoms with Crippen molar-refractivity contribution in [1.29, 1.82) is 0 Å².